The summed E-state index contributed by atoms with van der Waals surface area (Å²) in [7, 11) is 0. The molecule has 0 bridgehead atoms. The maximum Gasteiger partial charge on any atom is 0.100 e. The van der Waals surface area contributed by atoms with E-state index in [-0.39, 0.29) is 5.92 Å². The van der Waals surface area contributed by atoms with Crippen molar-refractivity contribution in [2.75, 3.05) is 0 Å². The molecule has 0 amide bonds. The Bertz CT molecular complexity index is 165. The van der Waals surface area contributed by atoms with Crippen LogP contribution >= 0.6 is 0 Å². The molecule has 12 heavy (non-hydrogen) atoms. The van der Waals surface area contributed by atoms with Gasteiger partial charge in [-0.2, -0.15) is 0 Å². The molecule has 0 saturated heterocycles. The summed E-state index contributed by atoms with van der Waals surface area (Å²) in [5, 5.41) is 18.7. The minimum atomic E-state index is -1.07. The first kappa shape index (κ1) is 11.4. The summed E-state index contributed by atoms with van der Waals surface area (Å²) in [5.74, 6) is 0.224. The highest BCUT2D eigenvalue weighted by Gasteiger charge is 2.21. The summed E-state index contributed by atoms with van der Waals surface area (Å²) in [6.07, 6.45) is 4.36. The van der Waals surface area contributed by atoms with E-state index in [2.05, 4.69) is 6.58 Å². The number of hydrogen-bond acceptors (Lipinski definition) is 2. The Morgan fingerprint density at radius 1 is 1.33 bits per heavy atom. The molecule has 0 saturated carbocycles. The number of allylic oxidation sites excluding steroid dienone is 2. The molecule has 0 aliphatic rings. The Labute approximate surface area is 74.2 Å². The first-order chi connectivity index (χ1) is 5.38. The van der Waals surface area contributed by atoms with Gasteiger partial charge in [0.25, 0.3) is 0 Å². The van der Waals surface area contributed by atoms with Crippen molar-refractivity contribution >= 4 is 0 Å². The minimum Gasteiger partial charge on any atom is -0.387 e. The summed E-state index contributed by atoms with van der Waals surface area (Å²) in [6.45, 7) is 8.70. The van der Waals surface area contributed by atoms with Crippen LogP contribution in [0.2, 0.25) is 0 Å². The fourth-order valence-corrected chi connectivity index (χ4v) is 0.595. The van der Waals surface area contributed by atoms with Crippen molar-refractivity contribution in [3.63, 3.8) is 0 Å². The van der Waals surface area contributed by atoms with Gasteiger partial charge in [-0.05, 0) is 19.8 Å². The lowest BCUT2D eigenvalue weighted by molar-refractivity contribution is -0.0227. The van der Waals surface area contributed by atoms with Crippen LogP contribution in [-0.4, -0.2) is 21.9 Å². The monoisotopic (exact) mass is 170 g/mol. The number of hydrogen-bond donors (Lipinski definition) is 2. The van der Waals surface area contributed by atoms with Gasteiger partial charge in [-0.1, -0.05) is 25.2 Å². The molecule has 0 aromatic heterocycles. The topological polar surface area (TPSA) is 40.5 Å². The van der Waals surface area contributed by atoms with Crippen LogP contribution in [0, 0.1) is 5.92 Å². The average molecular weight is 170 g/mol. The zero-order valence-corrected chi connectivity index (χ0v) is 7.99. The van der Waals surface area contributed by atoms with Gasteiger partial charge in [-0.25, -0.2) is 0 Å². The quantitative estimate of drug-likeness (QED) is 0.628. The Morgan fingerprint density at radius 2 is 1.83 bits per heavy atom. The molecular weight excluding hydrogens is 152 g/mol. The fraction of sp³-hybridized carbons (Fsp3) is 0.600. The highest BCUT2D eigenvalue weighted by molar-refractivity contribution is 5.01. The van der Waals surface area contributed by atoms with E-state index in [9.17, 15) is 10.2 Å². The van der Waals surface area contributed by atoms with Gasteiger partial charge >= 0.3 is 0 Å². The van der Waals surface area contributed by atoms with Gasteiger partial charge in [0.15, 0.2) is 0 Å². The average Bonchev–Trinajstić information content (AvgIpc) is 1.97. The van der Waals surface area contributed by atoms with Crippen molar-refractivity contribution in [1.82, 2.24) is 0 Å². The van der Waals surface area contributed by atoms with Crippen LogP contribution in [0.3, 0.4) is 0 Å². The van der Waals surface area contributed by atoms with Crippen LogP contribution in [0.4, 0.5) is 0 Å². The number of aliphatic hydroxyl groups excluding tert-OH is 1. The SMILES string of the molecule is C=CC(C)C=CC(O)C(C)(C)O. The van der Waals surface area contributed by atoms with Crippen LogP contribution in [0.15, 0.2) is 24.8 Å². The largest absolute Gasteiger partial charge is 0.387 e. The molecule has 0 aromatic carbocycles. The van der Waals surface area contributed by atoms with E-state index in [0.29, 0.717) is 0 Å². The lowest BCUT2D eigenvalue weighted by atomic mass is 10.0. The minimum absolute atomic E-state index is 0.224. The molecule has 2 atom stereocenters. The molecule has 0 aliphatic heterocycles. The van der Waals surface area contributed by atoms with E-state index in [1.165, 1.54) is 0 Å². The Kier molecular flexibility index (Phi) is 4.21. The first-order valence-corrected chi connectivity index (χ1v) is 4.09. The van der Waals surface area contributed by atoms with Crippen LogP contribution in [-0.2, 0) is 0 Å². The first-order valence-electron chi connectivity index (χ1n) is 4.09. The van der Waals surface area contributed by atoms with Crippen molar-refractivity contribution < 1.29 is 10.2 Å². The molecule has 0 rings (SSSR count). The molecule has 2 unspecified atom stereocenters. The van der Waals surface area contributed by atoms with Gasteiger partial charge in [-0.3, -0.25) is 0 Å². The maximum atomic E-state index is 9.36. The van der Waals surface area contributed by atoms with Gasteiger partial charge < -0.3 is 10.2 Å². The molecule has 70 valence electrons. The molecule has 0 aliphatic carbocycles. The van der Waals surface area contributed by atoms with E-state index >= 15 is 0 Å². The van der Waals surface area contributed by atoms with Crippen LogP contribution in [0.1, 0.15) is 20.8 Å². The zero-order chi connectivity index (χ0) is 9.78. The van der Waals surface area contributed by atoms with Crippen molar-refractivity contribution in [2.45, 2.75) is 32.5 Å². The summed E-state index contributed by atoms with van der Waals surface area (Å²) in [6, 6.07) is 0. The maximum absolute atomic E-state index is 9.36. The van der Waals surface area contributed by atoms with Crippen molar-refractivity contribution in [3.05, 3.63) is 24.8 Å². The number of aliphatic hydroxyl groups is 2. The van der Waals surface area contributed by atoms with Gasteiger partial charge in [-0.15, -0.1) is 6.58 Å². The van der Waals surface area contributed by atoms with E-state index in [4.69, 9.17) is 0 Å². The highest BCUT2D eigenvalue weighted by atomic mass is 16.3. The lowest BCUT2D eigenvalue weighted by Crippen LogP contribution is -2.34. The summed E-state index contributed by atoms with van der Waals surface area (Å²) in [5.41, 5.74) is -1.07. The summed E-state index contributed by atoms with van der Waals surface area (Å²) < 4.78 is 0. The van der Waals surface area contributed by atoms with E-state index in [0.717, 1.165) is 0 Å². The molecule has 0 spiro atoms. The molecule has 2 N–H and O–H groups in total. The summed E-state index contributed by atoms with van der Waals surface area (Å²) in [4.78, 5) is 0. The van der Waals surface area contributed by atoms with E-state index < -0.39 is 11.7 Å². The predicted octanol–water partition coefficient (Wildman–Crippen LogP) is 1.50. The lowest BCUT2D eigenvalue weighted by Gasteiger charge is -2.21. The van der Waals surface area contributed by atoms with Crippen molar-refractivity contribution in [2.24, 2.45) is 5.92 Å². The zero-order valence-electron chi connectivity index (χ0n) is 7.99. The number of rotatable bonds is 4. The molecule has 0 fully saturated rings. The van der Waals surface area contributed by atoms with Crippen LogP contribution in [0.5, 0.6) is 0 Å². The molecule has 0 radical (unpaired) electrons. The Balaban J connectivity index is 4.08. The fourth-order valence-electron chi connectivity index (χ4n) is 0.595. The van der Waals surface area contributed by atoms with Gasteiger partial charge in [0.05, 0.1) is 5.60 Å². The molecule has 0 heterocycles. The van der Waals surface area contributed by atoms with Crippen molar-refractivity contribution in [3.8, 4) is 0 Å². The predicted molar refractivity (Wildman–Crippen MR) is 50.8 cm³/mol. The normalized spacial score (nSPS) is 17.8. The smallest absolute Gasteiger partial charge is 0.100 e. The van der Waals surface area contributed by atoms with E-state index in [1.54, 1.807) is 26.0 Å². The van der Waals surface area contributed by atoms with Gasteiger partial charge in [0.2, 0.25) is 0 Å². The molecular formula is C10H18O2. The third-order valence-corrected chi connectivity index (χ3v) is 1.69. The van der Waals surface area contributed by atoms with Gasteiger partial charge in [0, 0.05) is 0 Å². The molecule has 2 nitrogen and oxygen atoms in total. The highest BCUT2D eigenvalue weighted by Crippen LogP contribution is 2.10. The van der Waals surface area contributed by atoms with Crippen molar-refractivity contribution in [1.29, 1.82) is 0 Å². The Morgan fingerprint density at radius 3 is 2.17 bits per heavy atom. The molecule has 2 heteroatoms. The summed E-state index contributed by atoms with van der Waals surface area (Å²) >= 11 is 0. The van der Waals surface area contributed by atoms with Gasteiger partial charge in [0.1, 0.15) is 6.10 Å². The van der Waals surface area contributed by atoms with Crippen LogP contribution < -0.4 is 0 Å². The third-order valence-electron chi connectivity index (χ3n) is 1.69. The molecule has 0 aromatic rings. The second kappa shape index (κ2) is 4.43. The van der Waals surface area contributed by atoms with Crippen LogP contribution in [0.25, 0.3) is 0 Å². The van der Waals surface area contributed by atoms with E-state index in [1.807, 2.05) is 13.0 Å². The standard InChI is InChI=1S/C10H18O2/c1-5-8(2)6-7-9(11)10(3,4)12/h5-9,11-12H,1H2,2-4H3. The second-order valence-electron chi connectivity index (χ2n) is 3.58. The second-order valence-corrected chi connectivity index (χ2v) is 3.58. The Hall–Kier alpha value is -0.600. The third kappa shape index (κ3) is 4.31.